The molecule has 2 heterocycles. The van der Waals surface area contributed by atoms with Crippen LogP contribution in [0.5, 0.6) is 0 Å². The second kappa shape index (κ2) is 7.16. The molecule has 0 atom stereocenters. The molecule has 0 bridgehead atoms. The van der Waals surface area contributed by atoms with Gasteiger partial charge in [0, 0.05) is 11.4 Å². The van der Waals surface area contributed by atoms with Gasteiger partial charge in [0.05, 0.1) is 21.7 Å². The summed E-state index contributed by atoms with van der Waals surface area (Å²) in [6.45, 7) is 0. The molecule has 1 aromatic carbocycles. The molecule has 3 aromatic rings. The zero-order valence-electron chi connectivity index (χ0n) is 14.2. The molecule has 7 nitrogen and oxygen atoms in total. The van der Waals surface area contributed by atoms with Crippen molar-refractivity contribution in [2.24, 2.45) is 0 Å². The van der Waals surface area contributed by atoms with E-state index in [2.05, 4.69) is 21.2 Å². The molecule has 1 aliphatic rings. The van der Waals surface area contributed by atoms with Gasteiger partial charge in [-0.25, -0.2) is 4.98 Å². The Bertz CT molecular complexity index is 1030. The van der Waals surface area contributed by atoms with Gasteiger partial charge in [-0.3, -0.25) is 25.2 Å². The number of hydrogen-bond donors (Lipinski definition) is 3. The molecule has 3 amide bonds. The van der Waals surface area contributed by atoms with Crippen molar-refractivity contribution in [2.75, 3.05) is 0 Å². The predicted octanol–water partition coefficient (Wildman–Crippen LogP) is 2.00. The quantitative estimate of drug-likeness (QED) is 0.478. The number of pyridine rings is 1. The molecule has 27 heavy (non-hydrogen) atoms. The highest BCUT2D eigenvalue weighted by Gasteiger charge is 2.26. The fourth-order valence-corrected chi connectivity index (χ4v) is 3.32. The van der Waals surface area contributed by atoms with Gasteiger partial charge >= 0.3 is 11.8 Å². The minimum absolute atomic E-state index is 0.0662. The van der Waals surface area contributed by atoms with Crippen molar-refractivity contribution in [1.82, 2.24) is 21.2 Å². The first kappa shape index (κ1) is 17.2. The fraction of sp³-hybridized carbons (Fsp3) is 0.158. The van der Waals surface area contributed by atoms with Crippen LogP contribution in [0.3, 0.4) is 0 Å². The van der Waals surface area contributed by atoms with Crippen molar-refractivity contribution >= 4 is 40.0 Å². The molecule has 1 fully saturated rings. The van der Waals surface area contributed by atoms with Gasteiger partial charge in [-0.05, 0) is 36.4 Å². The lowest BCUT2D eigenvalue weighted by atomic mass is 10.1. The van der Waals surface area contributed by atoms with E-state index in [-0.39, 0.29) is 6.04 Å². The van der Waals surface area contributed by atoms with Gasteiger partial charge in [0.1, 0.15) is 0 Å². The van der Waals surface area contributed by atoms with Gasteiger partial charge in [-0.1, -0.05) is 24.3 Å². The van der Waals surface area contributed by atoms with E-state index in [0.29, 0.717) is 22.2 Å². The van der Waals surface area contributed by atoms with Crippen molar-refractivity contribution in [2.45, 2.75) is 18.9 Å². The van der Waals surface area contributed by atoms with Crippen LogP contribution in [0.1, 0.15) is 23.2 Å². The summed E-state index contributed by atoms with van der Waals surface area (Å²) in [7, 11) is 0. The third-order valence-corrected chi connectivity index (χ3v) is 5.04. The summed E-state index contributed by atoms with van der Waals surface area (Å²) in [6.07, 6.45) is 1.75. The van der Waals surface area contributed by atoms with Crippen molar-refractivity contribution in [1.29, 1.82) is 0 Å². The topological polar surface area (TPSA) is 100 Å². The average Bonchev–Trinajstić information content (AvgIpc) is 3.32. The summed E-state index contributed by atoms with van der Waals surface area (Å²) in [5.41, 5.74) is 6.19. The number of rotatable bonds is 3. The lowest BCUT2D eigenvalue weighted by Crippen LogP contribution is -2.49. The number of aromatic nitrogens is 1. The summed E-state index contributed by atoms with van der Waals surface area (Å²) in [5.74, 6) is -2.16. The molecule has 8 heteroatoms. The number of carbonyl (C=O) groups excluding carboxylic acids is 3. The molecule has 3 N–H and O–H groups in total. The molecular formula is C19H16N4O3S. The zero-order valence-corrected chi connectivity index (χ0v) is 15.0. The number of carbonyl (C=O) groups is 3. The smallest absolute Gasteiger partial charge is 0.327 e. The Kier molecular flexibility index (Phi) is 4.55. The van der Waals surface area contributed by atoms with Crippen LogP contribution in [0, 0.1) is 0 Å². The maximum atomic E-state index is 12.7. The number of para-hydroxylation sites is 1. The van der Waals surface area contributed by atoms with Crippen LogP contribution in [-0.4, -0.2) is 28.7 Å². The number of thiophene rings is 1. The van der Waals surface area contributed by atoms with Crippen LogP contribution in [0.2, 0.25) is 0 Å². The summed E-state index contributed by atoms with van der Waals surface area (Å²) < 4.78 is 0. The van der Waals surface area contributed by atoms with Crippen LogP contribution in [0.25, 0.3) is 21.5 Å². The molecule has 1 saturated carbocycles. The Morgan fingerprint density at radius 2 is 1.81 bits per heavy atom. The average molecular weight is 380 g/mol. The lowest BCUT2D eigenvalue weighted by molar-refractivity contribution is -0.139. The molecule has 0 unspecified atom stereocenters. The first-order valence-electron chi connectivity index (χ1n) is 8.46. The van der Waals surface area contributed by atoms with Gasteiger partial charge in [0.15, 0.2) is 0 Å². The van der Waals surface area contributed by atoms with Crippen LogP contribution < -0.4 is 16.2 Å². The third-order valence-electron chi connectivity index (χ3n) is 4.14. The highest BCUT2D eigenvalue weighted by Crippen LogP contribution is 2.27. The summed E-state index contributed by atoms with van der Waals surface area (Å²) in [5, 5.41) is 5.16. The second-order valence-corrected chi connectivity index (χ2v) is 7.15. The molecule has 0 radical (unpaired) electrons. The number of hydrazine groups is 1. The maximum absolute atomic E-state index is 12.7. The minimum atomic E-state index is -0.896. The van der Waals surface area contributed by atoms with E-state index < -0.39 is 17.7 Å². The van der Waals surface area contributed by atoms with Crippen LogP contribution in [0.4, 0.5) is 0 Å². The van der Waals surface area contributed by atoms with Crippen molar-refractivity contribution in [3.63, 3.8) is 0 Å². The first-order chi connectivity index (χ1) is 13.1. The lowest BCUT2D eigenvalue weighted by Gasteiger charge is -2.11. The van der Waals surface area contributed by atoms with E-state index in [1.54, 1.807) is 12.1 Å². The maximum Gasteiger partial charge on any atom is 0.327 e. The summed E-state index contributed by atoms with van der Waals surface area (Å²) >= 11 is 1.52. The van der Waals surface area contributed by atoms with E-state index >= 15 is 0 Å². The van der Waals surface area contributed by atoms with Crippen molar-refractivity contribution in [3.05, 3.63) is 53.4 Å². The Labute approximate surface area is 158 Å². The van der Waals surface area contributed by atoms with E-state index in [1.807, 2.05) is 35.7 Å². The van der Waals surface area contributed by atoms with Gasteiger partial charge in [-0.15, -0.1) is 11.3 Å². The Morgan fingerprint density at radius 1 is 1.00 bits per heavy atom. The normalized spacial score (nSPS) is 13.2. The number of nitrogens with one attached hydrogen (secondary N) is 3. The SMILES string of the molecule is O=C(NNC(=O)c1cc(-c2cccs2)nc2ccccc12)C(=O)NC1CC1. The van der Waals surface area contributed by atoms with Crippen LogP contribution in [-0.2, 0) is 9.59 Å². The van der Waals surface area contributed by atoms with Gasteiger partial charge in [-0.2, -0.15) is 0 Å². The van der Waals surface area contributed by atoms with Gasteiger partial charge in [0.25, 0.3) is 5.91 Å². The molecule has 1 aliphatic carbocycles. The predicted molar refractivity (Wildman–Crippen MR) is 102 cm³/mol. The molecule has 0 saturated heterocycles. The Morgan fingerprint density at radius 3 is 2.56 bits per heavy atom. The third kappa shape index (κ3) is 3.80. The summed E-state index contributed by atoms with van der Waals surface area (Å²) in [6, 6.07) is 12.9. The largest absolute Gasteiger partial charge is 0.345 e. The van der Waals surface area contributed by atoms with E-state index in [1.165, 1.54) is 11.3 Å². The Hall–Kier alpha value is -3.26. The number of nitrogens with zero attached hydrogens (tertiary/aromatic N) is 1. The highest BCUT2D eigenvalue weighted by atomic mass is 32.1. The monoisotopic (exact) mass is 380 g/mol. The fourth-order valence-electron chi connectivity index (χ4n) is 2.63. The number of fused-ring (bicyclic) bond motifs is 1. The van der Waals surface area contributed by atoms with E-state index in [4.69, 9.17) is 0 Å². The summed E-state index contributed by atoms with van der Waals surface area (Å²) in [4.78, 5) is 41.7. The molecule has 0 spiro atoms. The highest BCUT2D eigenvalue weighted by molar-refractivity contribution is 7.13. The number of amides is 3. The molecule has 0 aliphatic heterocycles. The van der Waals surface area contributed by atoms with Crippen molar-refractivity contribution < 1.29 is 14.4 Å². The minimum Gasteiger partial charge on any atom is -0.345 e. The Balaban J connectivity index is 1.57. The molecule has 136 valence electrons. The zero-order chi connectivity index (χ0) is 18.8. The standard InChI is InChI=1S/C19H16N4O3S/c24-17(22-23-19(26)18(25)20-11-7-8-11)13-10-15(16-6-3-9-27-16)21-14-5-2-1-4-12(13)14/h1-6,9-11H,7-8H2,(H,20,25)(H,22,24)(H,23,26). The van der Waals surface area contributed by atoms with Crippen LogP contribution in [0.15, 0.2) is 47.8 Å². The second-order valence-electron chi connectivity index (χ2n) is 6.21. The van der Waals surface area contributed by atoms with Gasteiger partial charge < -0.3 is 5.32 Å². The van der Waals surface area contributed by atoms with E-state index in [0.717, 1.165) is 17.7 Å². The molecule has 2 aromatic heterocycles. The van der Waals surface area contributed by atoms with Gasteiger partial charge in [0.2, 0.25) is 0 Å². The first-order valence-corrected chi connectivity index (χ1v) is 9.34. The number of hydrogen-bond acceptors (Lipinski definition) is 5. The van der Waals surface area contributed by atoms with E-state index in [9.17, 15) is 14.4 Å². The molecule has 4 rings (SSSR count). The van der Waals surface area contributed by atoms with Crippen molar-refractivity contribution in [3.8, 4) is 10.6 Å². The number of benzene rings is 1. The molecular weight excluding hydrogens is 364 g/mol. The van der Waals surface area contributed by atoms with Crippen LogP contribution >= 0.6 is 11.3 Å².